The van der Waals surface area contributed by atoms with Crippen LogP contribution in [0.3, 0.4) is 0 Å². The number of likely N-dealkylation sites (N-methyl/N-ethyl adjacent to an activating group) is 2. The van der Waals surface area contributed by atoms with Crippen molar-refractivity contribution in [1.82, 2.24) is 25.4 Å². The van der Waals surface area contributed by atoms with Gasteiger partial charge in [-0.15, -0.1) is 11.3 Å². The molecule has 1 aliphatic heterocycles. The Hall–Kier alpha value is -2.20. The fraction of sp³-hybridized carbons (Fsp3) is 0.667. The predicted molar refractivity (Wildman–Crippen MR) is 106 cm³/mol. The largest absolute Gasteiger partial charge is 0.444 e. The zero-order valence-corrected chi connectivity index (χ0v) is 18.1. The molecule has 1 atom stereocenters. The maximum atomic E-state index is 12.7. The first kappa shape index (κ1) is 22.1. The maximum absolute atomic E-state index is 12.7. The van der Waals surface area contributed by atoms with Gasteiger partial charge in [0, 0.05) is 38.5 Å². The molecule has 28 heavy (non-hydrogen) atoms. The third kappa shape index (κ3) is 6.16. The Morgan fingerprint density at radius 2 is 2.00 bits per heavy atom. The Labute approximate surface area is 169 Å². The van der Waals surface area contributed by atoms with Crippen LogP contribution < -0.4 is 10.6 Å². The van der Waals surface area contributed by atoms with E-state index in [1.165, 1.54) is 16.2 Å². The van der Waals surface area contributed by atoms with Crippen molar-refractivity contribution < 1.29 is 19.1 Å². The van der Waals surface area contributed by atoms with E-state index in [1.54, 1.807) is 34.9 Å². The molecule has 156 valence electrons. The third-order valence-electron chi connectivity index (χ3n) is 4.01. The van der Waals surface area contributed by atoms with Crippen molar-refractivity contribution in [1.29, 1.82) is 0 Å². The van der Waals surface area contributed by atoms with Crippen LogP contribution in [0, 0.1) is 0 Å². The lowest BCUT2D eigenvalue weighted by atomic mass is 10.2. The SMILES string of the molecule is CN1CCc2nc(C(=O)NC(CNC(=O)OC(C)(C)C)C(=O)N(C)C)sc2C1. The summed E-state index contributed by atoms with van der Waals surface area (Å²) >= 11 is 1.34. The van der Waals surface area contributed by atoms with E-state index in [0.29, 0.717) is 5.01 Å². The first-order chi connectivity index (χ1) is 13.0. The summed E-state index contributed by atoms with van der Waals surface area (Å²) in [6.07, 6.45) is 0.154. The number of aromatic nitrogens is 1. The molecule has 0 bridgehead atoms. The van der Waals surface area contributed by atoms with Crippen LogP contribution in [-0.4, -0.2) is 78.6 Å². The Morgan fingerprint density at radius 3 is 2.61 bits per heavy atom. The molecular weight excluding hydrogens is 382 g/mol. The van der Waals surface area contributed by atoms with Crippen molar-refractivity contribution in [3.05, 3.63) is 15.6 Å². The summed E-state index contributed by atoms with van der Waals surface area (Å²) in [5.41, 5.74) is 0.289. The predicted octanol–water partition coefficient (Wildman–Crippen LogP) is 0.842. The molecular formula is C18H29N5O4S. The summed E-state index contributed by atoms with van der Waals surface area (Å²) in [5.74, 6) is -0.751. The molecule has 0 aliphatic carbocycles. The number of ether oxygens (including phenoxy) is 1. The number of alkyl carbamates (subject to hydrolysis) is 1. The summed E-state index contributed by atoms with van der Waals surface area (Å²) < 4.78 is 5.18. The van der Waals surface area contributed by atoms with Crippen LogP contribution in [0.2, 0.25) is 0 Å². The second-order valence-corrected chi connectivity index (χ2v) is 9.10. The van der Waals surface area contributed by atoms with Gasteiger partial charge in [0.25, 0.3) is 5.91 Å². The molecule has 2 N–H and O–H groups in total. The summed E-state index contributed by atoms with van der Waals surface area (Å²) in [6.45, 7) is 6.83. The summed E-state index contributed by atoms with van der Waals surface area (Å²) in [5, 5.41) is 5.55. The van der Waals surface area contributed by atoms with Crippen LogP contribution in [-0.2, 0) is 22.5 Å². The molecule has 2 heterocycles. The van der Waals surface area contributed by atoms with Crippen LogP contribution in [0.4, 0.5) is 4.79 Å². The lowest BCUT2D eigenvalue weighted by molar-refractivity contribution is -0.130. The molecule has 10 heteroatoms. The number of nitrogens with one attached hydrogen (secondary N) is 2. The molecule has 1 aromatic heterocycles. The highest BCUT2D eigenvalue weighted by molar-refractivity contribution is 7.13. The molecule has 0 aromatic carbocycles. The highest BCUT2D eigenvalue weighted by Gasteiger charge is 2.27. The molecule has 0 saturated carbocycles. The molecule has 1 aromatic rings. The van der Waals surface area contributed by atoms with Crippen LogP contribution in [0.25, 0.3) is 0 Å². The average Bonchev–Trinajstić information content (AvgIpc) is 2.99. The van der Waals surface area contributed by atoms with E-state index in [9.17, 15) is 14.4 Å². The van der Waals surface area contributed by atoms with Gasteiger partial charge in [-0.2, -0.15) is 0 Å². The number of hydrogen-bond acceptors (Lipinski definition) is 7. The number of amides is 3. The van der Waals surface area contributed by atoms with E-state index in [-0.39, 0.29) is 12.5 Å². The molecule has 1 unspecified atom stereocenters. The monoisotopic (exact) mass is 411 g/mol. The quantitative estimate of drug-likeness (QED) is 0.744. The summed E-state index contributed by atoms with van der Waals surface area (Å²) in [7, 11) is 5.20. The van der Waals surface area contributed by atoms with Gasteiger partial charge in [-0.1, -0.05) is 0 Å². The summed E-state index contributed by atoms with van der Waals surface area (Å²) in [6, 6.07) is -0.918. The van der Waals surface area contributed by atoms with Gasteiger partial charge in [-0.3, -0.25) is 9.59 Å². The molecule has 2 rings (SSSR count). The maximum Gasteiger partial charge on any atom is 0.407 e. The van der Waals surface area contributed by atoms with Gasteiger partial charge in [0.15, 0.2) is 5.01 Å². The second-order valence-electron chi connectivity index (χ2n) is 8.02. The van der Waals surface area contributed by atoms with Crippen LogP contribution in [0.1, 0.15) is 41.1 Å². The van der Waals surface area contributed by atoms with E-state index in [0.717, 1.165) is 30.1 Å². The van der Waals surface area contributed by atoms with Crippen LogP contribution in [0.5, 0.6) is 0 Å². The lowest BCUT2D eigenvalue weighted by Crippen LogP contribution is -2.52. The van der Waals surface area contributed by atoms with Gasteiger partial charge < -0.3 is 25.2 Å². The highest BCUT2D eigenvalue weighted by Crippen LogP contribution is 2.24. The Kier molecular flexibility index (Phi) is 7.00. The van der Waals surface area contributed by atoms with Gasteiger partial charge in [-0.25, -0.2) is 9.78 Å². The number of rotatable bonds is 5. The topological polar surface area (TPSA) is 104 Å². The van der Waals surface area contributed by atoms with Gasteiger partial charge in [0.05, 0.1) is 12.2 Å². The van der Waals surface area contributed by atoms with Gasteiger partial charge in [-0.05, 0) is 27.8 Å². The fourth-order valence-corrected chi connectivity index (χ4v) is 3.74. The second kappa shape index (κ2) is 8.87. The van der Waals surface area contributed by atoms with Gasteiger partial charge >= 0.3 is 6.09 Å². The van der Waals surface area contributed by atoms with Crippen molar-refractivity contribution in [2.75, 3.05) is 34.2 Å². The van der Waals surface area contributed by atoms with E-state index < -0.39 is 23.6 Å². The molecule has 1 aliphatic rings. The third-order valence-corrected chi connectivity index (χ3v) is 5.09. The number of hydrogen-bond donors (Lipinski definition) is 2. The van der Waals surface area contributed by atoms with E-state index in [1.807, 2.05) is 7.05 Å². The first-order valence-electron chi connectivity index (χ1n) is 9.12. The van der Waals surface area contributed by atoms with Crippen LogP contribution in [0.15, 0.2) is 0 Å². The molecule has 0 radical (unpaired) electrons. The van der Waals surface area contributed by atoms with Crippen molar-refractivity contribution in [3.8, 4) is 0 Å². The van der Waals surface area contributed by atoms with Crippen molar-refractivity contribution in [3.63, 3.8) is 0 Å². The van der Waals surface area contributed by atoms with Gasteiger partial charge in [0.1, 0.15) is 11.6 Å². The van der Waals surface area contributed by atoms with E-state index >= 15 is 0 Å². The van der Waals surface area contributed by atoms with Gasteiger partial charge in [0.2, 0.25) is 5.91 Å². The zero-order chi connectivity index (χ0) is 21.1. The number of carbonyl (C=O) groups is 3. The average molecular weight is 412 g/mol. The zero-order valence-electron chi connectivity index (χ0n) is 17.3. The molecule has 9 nitrogen and oxygen atoms in total. The lowest BCUT2D eigenvalue weighted by Gasteiger charge is -2.23. The Morgan fingerprint density at radius 1 is 1.32 bits per heavy atom. The smallest absolute Gasteiger partial charge is 0.407 e. The fourth-order valence-electron chi connectivity index (χ4n) is 2.65. The van der Waals surface area contributed by atoms with E-state index in [2.05, 4.69) is 20.5 Å². The minimum atomic E-state index is -0.918. The first-order valence-corrected chi connectivity index (χ1v) is 9.94. The Balaban J connectivity index is 2.04. The standard InChI is InChI=1S/C18H29N5O4S/c1-18(2,3)27-17(26)19-9-12(16(25)22(4)5)20-14(24)15-21-11-7-8-23(6)10-13(11)28-15/h12H,7-10H2,1-6H3,(H,19,26)(H,20,24). The van der Waals surface area contributed by atoms with Crippen LogP contribution >= 0.6 is 11.3 Å². The molecule has 0 spiro atoms. The van der Waals surface area contributed by atoms with Crippen molar-refractivity contribution in [2.45, 2.75) is 45.4 Å². The Bertz CT molecular complexity index is 741. The molecule has 0 saturated heterocycles. The number of nitrogens with zero attached hydrogens (tertiary/aromatic N) is 3. The molecule has 3 amide bonds. The number of carbonyl (C=O) groups excluding carboxylic acids is 3. The van der Waals surface area contributed by atoms with E-state index in [4.69, 9.17) is 4.74 Å². The summed E-state index contributed by atoms with van der Waals surface area (Å²) in [4.78, 5) is 46.0. The number of thiazole rings is 1. The normalized spacial score (nSPS) is 15.4. The highest BCUT2D eigenvalue weighted by atomic mass is 32.1. The minimum absolute atomic E-state index is 0.0779. The van der Waals surface area contributed by atoms with Crippen molar-refractivity contribution in [2.24, 2.45) is 0 Å². The molecule has 0 fully saturated rings. The van der Waals surface area contributed by atoms with Crippen molar-refractivity contribution >= 4 is 29.2 Å². The minimum Gasteiger partial charge on any atom is -0.444 e. The number of fused-ring (bicyclic) bond motifs is 1.